The normalized spacial score (nSPS) is 14.3. The maximum absolute atomic E-state index is 13.5. The number of nitrogens with zero attached hydrogens (tertiary/aromatic N) is 1. The number of benzene rings is 3. The number of methoxy groups -OCH3 is 3. The zero-order valence-electron chi connectivity index (χ0n) is 20.6. The first-order chi connectivity index (χ1) is 17.5. The fraction of sp³-hybridized carbons (Fsp3) is 0.172. The van der Waals surface area contributed by atoms with E-state index in [9.17, 15) is 9.59 Å². The Balaban J connectivity index is 1.68. The number of allylic oxidation sites excluding steroid dienone is 1. The second-order valence-electron chi connectivity index (χ2n) is 8.04. The van der Waals surface area contributed by atoms with Gasteiger partial charge in [-0.3, -0.25) is 9.69 Å². The Morgan fingerprint density at radius 1 is 0.889 bits per heavy atom. The summed E-state index contributed by atoms with van der Waals surface area (Å²) >= 11 is 0. The third kappa shape index (κ3) is 4.95. The van der Waals surface area contributed by atoms with Crippen LogP contribution in [0.15, 0.2) is 89.6 Å². The van der Waals surface area contributed by atoms with Crippen LogP contribution in [0.1, 0.15) is 18.1 Å². The first kappa shape index (κ1) is 24.6. The summed E-state index contributed by atoms with van der Waals surface area (Å²) in [5.74, 6) is 0.743. The summed E-state index contributed by atoms with van der Waals surface area (Å²) in [4.78, 5) is 27.7. The fourth-order valence-electron chi connectivity index (χ4n) is 4.04. The Hall–Kier alpha value is -4.52. The number of ether oxygens (including phenoxy) is 4. The Bertz CT molecular complexity index is 1340. The molecule has 0 spiro atoms. The largest absolute Gasteiger partial charge is 0.497 e. The highest BCUT2D eigenvalue weighted by Crippen LogP contribution is 2.37. The molecule has 0 bridgehead atoms. The molecular weight excluding hydrogens is 458 g/mol. The maximum Gasteiger partial charge on any atom is 0.340 e. The van der Waals surface area contributed by atoms with Gasteiger partial charge >= 0.3 is 5.97 Å². The van der Waals surface area contributed by atoms with E-state index >= 15 is 0 Å². The van der Waals surface area contributed by atoms with Crippen molar-refractivity contribution in [3.05, 3.63) is 101 Å². The first-order valence-electron chi connectivity index (χ1n) is 11.3. The zero-order chi connectivity index (χ0) is 25.7. The highest BCUT2D eigenvalue weighted by molar-refractivity contribution is 6.23. The molecule has 1 aliphatic heterocycles. The average molecular weight is 486 g/mol. The third-order valence-corrected chi connectivity index (χ3v) is 5.84. The Labute approximate surface area is 210 Å². The van der Waals surface area contributed by atoms with Crippen molar-refractivity contribution < 1.29 is 28.5 Å². The summed E-state index contributed by atoms with van der Waals surface area (Å²) in [6, 6.07) is 22.3. The molecule has 0 radical (unpaired) electrons. The van der Waals surface area contributed by atoms with Crippen molar-refractivity contribution in [1.29, 1.82) is 0 Å². The second-order valence-corrected chi connectivity index (χ2v) is 8.04. The number of rotatable bonds is 8. The van der Waals surface area contributed by atoms with Crippen molar-refractivity contribution in [2.45, 2.75) is 13.5 Å². The SMILES string of the molecule is COC(=O)C1=C(C)N(c2cccc(OC)c2)C(=O)/C1=C\c1ccc(OCc2ccccc2)c(OC)c1. The van der Waals surface area contributed by atoms with Crippen LogP contribution in [0.25, 0.3) is 6.08 Å². The molecule has 36 heavy (non-hydrogen) atoms. The first-order valence-corrected chi connectivity index (χ1v) is 11.3. The number of hydrogen-bond donors (Lipinski definition) is 0. The van der Waals surface area contributed by atoms with E-state index in [1.165, 1.54) is 12.0 Å². The van der Waals surface area contributed by atoms with Gasteiger partial charge in [0.25, 0.3) is 5.91 Å². The second kappa shape index (κ2) is 10.8. The number of carbonyl (C=O) groups is 2. The van der Waals surface area contributed by atoms with Gasteiger partial charge in [0, 0.05) is 11.8 Å². The smallest absolute Gasteiger partial charge is 0.340 e. The molecule has 1 aliphatic rings. The molecule has 3 aromatic rings. The van der Waals surface area contributed by atoms with E-state index in [4.69, 9.17) is 18.9 Å². The summed E-state index contributed by atoms with van der Waals surface area (Å²) in [7, 11) is 4.40. The molecule has 184 valence electrons. The fourth-order valence-corrected chi connectivity index (χ4v) is 4.04. The molecule has 0 aromatic heterocycles. The molecule has 0 fully saturated rings. The molecule has 0 N–H and O–H groups in total. The number of esters is 1. The highest BCUT2D eigenvalue weighted by Gasteiger charge is 2.38. The Kier molecular flexibility index (Phi) is 7.39. The van der Waals surface area contributed by atoms with Gasteiger partial charge in [-0.15, -0.1) is 0 Å². The van der Waals surface area contributed by atoms with Gasteiger partial charge in [0.05, 0.1) is 38.2 Å². The molecular formula is C29H27NO6. The summed E-state index contributed by atoms with van der Waals surface area (Å²) in [6.45, 7) is 2.10. The van der Waals surface area contributed by atoms with Crippen molar-refractivity contribution in [3.63, 3.8) is 0 Å². The van der Waals surface area contributed by atoms with E-state index in [-0.39, 0.29) is 17.1 Å². The average Bonchev–Trinajstić information content (AvgIpc) is 3.16. The molecule has 1 heterocycles. The molecule has 7 nitrogen and oxygen atoms in total. The van der Waals surface area contributed by atoms with E-state index in [1.807, 2.05) is 36.4 Å². The summed E-state index contributed by atoms with van der Waals surface area (Å²) in [5.41, 5.74) is 3.19. The predicted molar refractivity (Wildman–Crippen MR) is 137 cm³/mol. The predicted octanol–water partition coefficient (Wildman–Crippen LogP) is 5.16. The van der Waals surface area contributed by atoms with Crippen LogP contribution in [0.5, 0.6) is 17.2 Å². The van der Waals surface area contributed by atoms with Crippen molar-refractivity contribution in [2.75, 3.05) is 26.2 Å². The zero-order valence-corrected chi connectivity index (χ0v) is 20.6. The van der Waals surface area contributed by atoms with Gasteiger partial charge in [0.1, 0.15) is 12.4 Å². The van der Waals surface area contributed by atoms with Gasteiger partial charge in [0.15, 0.2) is 11.5 Å². The number of amides is 1. The van der Waals surface area contributed by atoms with Crippen LogP contribution in [0.4, 0.5) is 5.69 Å². The lowest BCUT2D eigenvalue weighted by atomic mass is 10.0. The van der Waals surface area contributed by atoms with E-state index in [0.29, 0.717) is 40.8 Å². The Morgan fingerprint density at radius 3 is 2.36 bits per heavy atom. The molecule has 4 rings (SSSR count). The monoisotopic (exact) mass is 485 g/mol. The minimum atomic E-state index is -0.590. The van der Waals surface area contributed by atoms with Gasteiger partial charge in [-0.2, -0.15) is 0 Å². The van der Waals surface area contributed by atoms with Crippen LogP contribution in [0, 0.1) is 0 Å². The van der Waals surface area contributed by atoms with Crippen molar-refractivity contribution in [3.8, 4) is 17.2 Å². The molecule has 3 aromatic carbocycles. The lowest BCUT2D eigenvalue weighted by Gasteiger charge is -2.18. The van der Waals surface area contributed by atoms with Gasteiger partial charge < -0.3 is 18.9 Å². The topological polar surface area (TPSA) is 74.3 Å². The third-order valence-electron chi connectivity index (χ3n) is 5.84. The van der Waals surface area contributed by atoms with Gasteiger partial charge in [-0.1, -0.05) is 42.5 Å². The van der Waals surface area contributed by atoms with Crippen LogP contribution in [0.2, 0.25) is 0 Å². The van der Waals surface area contributed by atoms with Crippen LogP contribution in [0.3, 0.4) is 0 Å². The molecule has 0 unspecified atom stereocenters. The molecule has 7 heteroatoms. The molecule has 0 saturated carbocycles. The molecule has 0 aliphatic carbocycles. The van der Waals surface area contributed by atoms with Crippen molar-refractivity contribution in [2.24, 2.45) is 0 Å². The van der Waals surface area contributed by atoms with Crippen LogP contribution in [-0.2, 0) is 20.9 Å². The van der Waals surface area contributed by atoms with E-state index in [2.05, 4.69) is 0 Å². The van der Waals surface area contributed by atoms with Crippen LogP contribution >= 0.6 is 0 Å². The lowest BCUT2D eigenvalue weighted by molar-refractivity contribution is -0.136. The van der Waals surface area contributed by atoms with Gasteiger partial charge in [0.2, 0.25) is 0 Å². The number of anilines is 1. The highest BCUT2D eigenvalue weighted by atomic mass is 16.5. The summed E-state index contributed by atoms with van der Waals surface area (Å²) in [6.07, 6.45) is 1.65. The lowest BCUT2D eigenvalue weighted by Crippen LogP contribution is -2.24. The molecule has 0 saturated heterocycles. The van der Waals surface area contributed by atoms with E-state index in [1.54, 1.807) is 63.6 Å². The summed E-state index contributed by atoms with van der Waals surface area (Å²) < 4.78 is 21.8. The van der Waals surface area contributed by atoms with Crippen LogP contribution < -0.4 is 19.1 Å². The number of hydrogen-bond acceptors (Lipinski definition) is 6. The van der Waals surface area contributed by atoms with Gasteiger partial charge in [-0.05, 0) is 48.4 Å². The number of carbonyl (C=O) groups excluding carboxylic acids is 2. The molecule has 1 amide bonds. The van der Waals surface area contributed by atoms with Gasteiger partial charge in [-0.25, -0.2) is 4.79 Å². The minimum Gasteiger partial charge on any atom is -0.497 e. The quantitative estimate of drug-likeness (QED) is 0.324. The van der Waals surface area contributed by atoms with Crippen molar-refractivity contribution >= 4 is 23.6 Å². The van der Waals surface area contributed by atoms with E-state index < -0.39 is 5.97 Å². The molecule has 0 atom stereocenters. The minimum absolute atomic E-state index is 0.202. The summed E-state index contributed by atoms with van der Waals surface area (Å²) in [5, 5.41) is 0. The van der Waals surface area contributed by atoms with E-state index in [0.717, 1.165) is 5.56 Å². The Morgan fingerprint density at radius 2 is 1.67 bits per heavy atom. The maximum atomic E-state index is 13.5. The van der Waals surface area contributed by atoms with Crippen molar-refractivity contribution in [1.82, 2.24) is 0 Å². The van der Waals surface area contributed by atoms with Crippen LogP contribution in [-0.4, -0.2) is 33.2 Å². The standard InChI is InChI=1S/C29H27NO6/c1-19-27(29(32)35-4)24(28(31)30(19)22-11-8-12-23(17-22)33-2)15-21-13-14-25(26(16-21)34-3)36-18-20-9-6-5-7-10-20/h5-17H,18H2,1-4H3/b24-15-.